The molecule has 4 aromatic rings. The van der Waals surface area contributed by atoms with Gasteiger partial charge in [-0.15, -0.1) is 11.8 Å². The molecule has 214 valence electrons. The van der Waals surface area contributed by atoms with Gasteiger partial charge in [0.15, 0.2) is 0 Å². The summed E-state index contributed by atoms with van der Waals surface area (Å²) >= 11 is 1.42. The van der Waals surface area contributed by atoms with Crippen molar-refractivity contribution >= 4 is 46.9 Å². The number of nitrogens with zero attached hydrogens (tertiary/aromatic N) is 1. The van der Waals surface area contributed by atoms with E-state index in [0.717, 1.165) is 10.5 Å². The Morgan fingerprint density at radius 1 is 0.833 bits per heavy atom. The molecule has 1 unspecified atom stereocenters. The first-order chi connectivity index (χ1) is 20.3. The first-order valence-corrected chi connectivity index (χ1v) is 14.7. The summed E-state index contributed by atoms with van der Waals surface area (Å²) in [4.78, 5) is 44.1. The smallest absolute Gasteiger partial charge is 0.272 e. The van der Waals surface area contributed by atoms with Gasteiger partial charge in [0, 0.05) is 34.2 Å². The molecule has 3 N–H and O–H groups in total. The van der Waals surface area contributed by atoms with E-state index in [2.05, 4.69) is 34.8 Å². The van der Waals surface area contributed by atoms with Crippen LogP contribution in [0.25, 0.3) is 6.08 Å². The van der Waals surface area contributed by atoms with Crippen LogP contribution in [-0.2, 0) is 9.59 Å². The molecular weight excluding hydrogens is 544 g/mol. The van der Waals surface area contributed by atoms with E-state index in [4.69, 9.17) is 0 Å². The Bertz CT molecular complexity index is 1540. The fourth-order valence-electron chi connectivity index (χ4n) is 4.08. The monoisotopic (exact) mass is 578 g/mol. The average Bonchev–Trinajstić information content (AvgIpc) is 3.00. The van der Waals surface area contributed by atoms with Crippen molar-refractivity contribution in [2.24, 2.45) is 0 Å². The molecule has 7 nitrogen and oxygen atoms in total. The van der Waals surface area contributed by atoms with Gasteiger partial charge in [-0.2, -0.15) is 0 Å². The quantitative estimate of drug-likeness (QED) is 0.130. The van der Waals surface area contributed by atoms with E-state index >= 15 is 0 Å². The standard InChI is InChI=1S/C34H34N4O3S/c1-4-31(34(41)36-27-17-19-35-20-18-27)42-29-12-8-11-28(22-29)37-33(40)30(38-32(39)26-9-6-5-7-10-26)21-24-13-15-25(16-14-24)23(2)3/h5-23,31H,4H2,1-3H3,(H,37,40)(H,38,39)(H,35,36,41)/b30-21+. The van der Waals surface area contributed by atoms with E-state index in [1.165, 1.54) is 17.3 Å². The number of nitrogens with one attached hydrogen (secondary N) is 3. The van der Waals surface area contributed by atoms with Crippen molar-refractivity contribution in [3.05, 3.63) is 126 Å². The van der Waals surface area contributed by atoms with Crippen LogP contribution in [0.15, 0.2) is 114 Å². The van der Waals surface area contributed by atoms with E-state index in [-0.39, 0.29) is 22.8 Å². The molecule has 0 radical (unpaired) electrons. The Balaban J connectivity index is 1.51. The van der Waals surface area contributed by atoms with Crippen LogP contribution in [0.2, 0.25) is 0 Å². The molecule has 1 atom stereocenters. The molecule has 0 saturated carbocycles. The number of thioether (sulfide) groups is 1. The number of benzene rings is 3. The highest BCUT2D eigenvalue weighted by atomic mass is 32.2. The van der Waals surface area contributed by atoms with Gasteiger partial charge in [0.05, 0.1) is 5.25 Å². The Hall–Kier alpha value is -4.69. The zero-order valence-electron chi connectivity index (χ0n) is 23.8. The summed E-state index contributed by atoms with van der Waals surface area (Å²) in [6.45, 7) is 6.19. The Kier molecular flexibility index (Phi) is 10.7. The first-order valence-electron chi connectivity index (χ1n) is 13.8. The Morgan fingerprint density at radius 3 is 2.21 bits per heavy atom. The van der Waals surface area contributed by atoms with Crippen molar-refractivity contribution in [3.63, 3.8) is 0 Å². The first kappa shape index (κ1) is 30.3. The van der Waals surface area contributed by atoms with Crippen LogP contribution in [-0.4, -0.2) is 28.0 Å². The van der Waals surface area contributed by atoms with Gasteiger partial charge in [-0.05, 0) is 72.0 Å². The zero-order valence-corrected chi connectivity index (χ0v) is 24.7. The van der Waals surface area contributed by atoms with Crippen molar-refractivity contribution < 1.29 is 14.4 Å². The largest absolute Gasteiger partial charge is 0.325 e. The van der Waals surface area contributed by atoms with Crippen LogP contribution in [0, 0.1) is 0 Å². The molecule has 0 aliphatic heterocycles. The molecule has 0 spiro atoms. The number of rotatable bonds is 11. The van der Waals surface area contributed by atoms with E-state index < -0.39 is 5.91 Å². The van der Waals surface area contributed by atoms with Crippen molar-refractivity contribution in [2.75, 3.05) is 10.6 Å². The highest BCUT2D eigenvalue weighted by Crippen LogP contribution is 2.29. The summed E-state index contributed by atoms with van der Waals surface area (Å²) < 4.78 is 0. The van der Waals surface area contributed by atoms with Crippen LogP contribution >= 0.6 is 11.8 Å². The second-order valence-electron chi connectivity index (χ2n) is 9.92. The second kappa shape index (κ2) is 14.8. The summed E-state index contributed by atoms with van der Waals surface area (Å²) in [5.41, 5.74) is 3.76. The third kappa shape index (κ3) is 8.65. The van der Waals surface area contributed by atoms with Gasteiger partial charge in [0.1, 0.15) is 5.70 Å². The summed E-state index contributed by atoms with van der Waals surface area (Å²) in [5.74, 6) is -0.578. The van der Waals surface area contributed by atoms with Gasteiger partial charge in [0.2, 0.25) is 5.91 Å². The van der Waals surface area contributed by atoms with Crippen molar-refractivity contribution in [2.45, 2.75) is 43.3 Å². The molecule has 42 heavy (non-hydrogen) atoms. The predicted octanol–water partition coefficient (Wildman–Crippen LogP) is 7.12. The second-order valence-corrected chi connectivity index (χ2v) is 11.2. The minimum Gasteiger partial charge on any atom is -0.325 e. The van der Waals surface area contributed by atoms with Gasteiger partial charge >= 0.3 is 0 Å². The molecule has 0 fully saturated rings. The Morgan fingerprint density at radius 2 is 1.55 bits per heavy atom. The van der Waals surface area contributed by atoms with Gasteiger partial charge in [-0.3, -0.25) is 19.4 Å². The normalized spacial score (nSPS) is 12.0. The number of anilines is 2. The SMILES string of the molecule is CCC(Sc1cccc(NC(=O)/C(=C\c2ccc(C(C)C)cc2)NC(=O)c2ccccc2)c1)C(=O)Nc1ccncc1. The predicted molar refractivity (Wildman–Crippen MR) is 170 cm³/mol. The molecule has 0 bridgehead atoms. The minimum absolute atomic E-state index is 0.111. The van der Waals surface area contributed by atoms with Gasteiger partial charge in [-0.25, -0.2) is 0 Å². The van der Waals surface area contributed by atoms with Gasteiger partial charge < -0.3 is 16.0 Å². The lowest BCUT2D eigenvalue weighted by Crippen LogP contribution is -2.30. The van der Waals surface area contributed by atoms with Gasteiger partial charge in [-0.1, -0.05) is 69.3 Å². The lowest BCUT2D eigenvalue weighted by molar-refractivity contribution is -0.116. The van der Waals surface area contributed by atoms with Crippen LogP contribution < -0.4 is 16.0 Å². The summed E-state index contributed by atoms with van der Waals surface area (Å²) in [5, 5.41) is 8.27. The number of hydrogen-bond donors (Lipinski definition) is 3. The van der Waals surface area contributed by atoms with E-state index in [1.807, 2.05) is 55.5 Å². The van der Waals surface area contributed by atoms with Crippen LogP contribution in [0.1, 0.15) is 54.6 Å². The molecule has 1 aromatic heterocycles. The molecule has 0 saturated heterocycles. The molecular formula is C34H34N4O3S. The van der Waals surface area contributed by atoms with Gasteiger partial charge in [0.25, 0.3) is 11.8 Å². The number of carbonyl (C=O) groups is 3. The van der Waals surface area contributed by atoms with E-state index in [1.54, 1.807) is 60.9 Å². The third-order valence-corrected chi connectivity index (χ3v) is 7.78. The topological polar surface area (TPSA) is 100 Å². The molecule has 4 rings (SSSR count). The van der Waals surface area contributed by atoms with Crippen molar-refractivity contribution in [1.29, 1.82) is 0 Å². The number of hydrogen-bond acceptors (Lipinski definition) is 5. The van der Waals surface area contributed by atoms with Crippen molar-refractivity contribution in [3.8, 4) is 0 Å². The average molecular weight is 579 g/mol. The van der Waals surface area contributed by atoms with E-state index in [9.17, 15) is 14.4 Å². The molecule has 0 aliphatic rings. The molecule has 3 aromatic carbocycles. The van der Waals surface area contributed by atoms with Crippen LogP contribution in [0.4, 0.5) is 11.4 Å². The maximum atomic E-state index is 13.5. The van der Waals surface area contributed by atoms with Crippen LogP contribution in [0.5, 0.6) is 0 Å². The number of amides is 3. The molecule has 0 aliphatic carbocycles. The molecule has 3 amide bonds. The zero-order chi connectivity index (χ0) is 29.9. The summed E-state index contributed by atoms with van der Waals surface area (Å²) in [7, 11) is 0. The third-order valence-electron chi connectivity index (χ3n) is 6.42. The highest BCUT2D eigenvalue weighted by molar-refractivity contribution is 8.00. The number of carbonyl (C=O) groups excluding carboxylic acids is 3. The minimum atomic E-state index is -0.461. The number of pyridine rings is 1. The summed E-state index contributed by atoms with van der Waals surface area (Å²) in [6.07, 6.45) is 5.53. The lowest BCUT2D eigenvalue weighted by atomic mass is 10.0. The maximum absolute atomic E-state index is 13.5. The Labute approximate surface area is 250 Å². The number of aromatic nitrogens is 1. The fourth-order valence-corrected chi connectivity index (χ4v) is 5.09. The summed E-state index contributed by atoms with van der Waals surface area (Å²) in [6, 6.07) is 27.4. The van der Waals surface area contributed by atoms with Crippen molar-refractivity contribution in [1.82, 2.24) is 10.3 Å². The molecule has 1 heterocycles. The maximum Gasteiger partial charge on any atom is 0.272 e. The lowest BCUT2D eigenvalue weighted by Gasteiger charge is -2.16. The fraction of sp³-hybridized carbons (Fsp3) is 0.176. The highest BCUT2D eigenvalue weighted by Gasteiger charge is 2.19. The van der Waals surface area contributed by atoms with Crippen LogP contribution in [0.3, 0.4) is 0 Å². The van der Waals surface area contributed by atoms with E-state index in [0.29, 0.717) is 29.3 Å². The molecule has 8 heteroatoms.